The minimum atomic E-state index is -4.54. The minimum Gasteiger partial charge on any atom is -0.335 e. The van der Waals surface area contributed by atoms with Crippen LogP contribution in [-0.2, 0) is 26.2 Å². The van der Waals surface area contributed by atoms with Crippen LogP contribution in [0.3, 0.4) is 0 Å². The Labute approximate surface area is 157 Å². The van der Waals surface area contributed by atoms with E-state index in [0.29, 0.717) is 31.6 Å². The first kappa shape index (κ1) is 19.3. The first-order valence-corrected chi connectivity index (χ1v) is 8.60. The predicted octanol–water partition coefficient (Wildman–Crippen LogP) is 2.78. The Hall–Kier alpha value is -2.49. The van der Waals surface area contributed by atoms with Crippen molar-refractivity contribution >= 4 is 23.3 Å². The zero-order chi connectivity index (χ0) is 19.8. The van der Waals surface area contributed by atoms with Gasteiger partial charge in [0.25, 0.3) is 0 Å². The van der Waals surface area contributed by atoms with Crippen molar-refractivity contribution in [2.45, 2.75) is 38.0 Å². The highest BCUT2D eigenvalue weighted by molar-refractivity contribution is 6.33. The van der Waals surface area contributed by atoms with Crippen LogP contribution in [0.1, 0.15) is 24.2 Å². The van der Waals surface area contributed by atoms with Crippen LogP contribution in [0.15, 0.2) is 23.0 Å². The molecule has 1 aromatic carbocycles. The molecule has 146 valence electrons. The second kappa shape index (κ2) is 7.26. The molecule has 7 nitrogen and oxygen atoms in total. The normalized spacial score (nSPS) is 17.1. The fourth-order valence-electron chi connectivity index (χ4n) is 2.98. The number of rotatable bonds is 2. The number of nitrogens with one attached hydrogen (secondary N) is 2. The number of amides is 2. The van der Waals surface area contributed by atoms with E-state index < -0.39 is 17.8 Å². The molecule has 3 rings (SSSR count). The topological polar surface area (TPSA) is 81.0 Å². The number of anilines is 1. The summed E-state index contributed by atoms with van der Waals surface area (Å²) >= 11 is 5.88. The lowest BCUT2D eigenvalue weighted by Crippen LogP contribution is -2.38. The van der Waals surface area contributed by atoms with Crippen LogP contribution in [0.25, 0.3) is 0 Å². The van der Waals surface area contributed by atoms with E-state index >= 15 is 0 Å². The first-order chi connectivity index (χ1) is 12.6. The third-order valence-corrected chi connectivity index (χ3v) is 4.71. The Morgan fingerprint density at radius 1 is 1.33 bits per heavy atom. The van der Waals surface area contributed by atoms with Gasteiger partial charge in [-0.05, 0) is 31.0 Å². The lowest BCUT2D eigenvalue weighted by molar-refractivity contribution is -0.137. The van der Waals surface area contributed by atoms with Gasteiger partial charge in [0.1, 0.15) is 5.82 Å². The van der Waals surface area contributed by atoms with E-state index in [4.69, 9.17) is 11.6 Å². The summed E-state index contributed by atoms with van der Waals surface area (Å²) < 4.78 is 41.3. The van der Waals surface area contributed by atoms with Crippen molar-refractivity contribution in [2.75, 3.05) is 5.32 Å². The Bertz CT molecular complexity index is 922. The van der Waals surface area contributed by atoms with Gasteiger partial charge in [-0.3, -0.25) is 4.57 Å². The Morgan fingerprint density at radius 3 is 2.78 bits per heavy atom. The molecule has 2 N–H and O–H groups in total. The smallest absolute Gasteiger partial charge is 0.335 e. The molecule has 2 aromatic rings. The maximum absolute atomic E-state index is 12.8. The van der Waals surface area contributed by atoms with Gasteiger partial charge in [-0.25, -0.2) is 14.3 Å². The number of benzene rings is 1. The molecule has 0 fully saturated rings. The highest BCUT2D eigenvalue weighted by Gasteiger charge is 2.31. The summed E-state index contributed by atoms with van der Waals surface area (Å²) in [4.78, 5) is 24.1. The van der Waals surface area contributed by atoms with Crippen molar-refractivity contribution in [1.82, 2.24) is 19.7 Å². The molecule has 0 spiro atoms. The van der Waals surface area contributed by atoms with Crippen LogP contribution >= 0.6 is 11.6 Å². The molecular weight excluding hydrogens is 387 g/mol. The zero-order valence-electron chi connectivity index (χ0n) is 14.3. The molecule has 1 aliphatic heterocycles. The van der Waals surface area contributed by atoms with Crippen molar-refractivity contribution in [3.8, 4) is 0 Å². The van der Waals surface area contributed by atoms with Gasteiger partial charge in [0.2, 0.25) is 0 Å². The van der Waals surface area contributed by atoms with E-state index in [1.54, 1.807) is 11.6 Å². The maximum Gasteiger partial charge on any atom is 0.416 e. The Balaban J connectivity index is 1.64. The van der Waals surface area contributed by atoms with Crippen LogP contribution in [0.2, 0.25) is 5.02 Å². The standard InChI is InChI=1S/C16H17ClF3N5O2/c1-24-15(27)25-7-6-10(3-5-13(25)23-24)21-14(26)22-12-8-9(16(18,19)20)2-4-11(12)17/h2,4,8,10H,3,5-7H2,1H3,(H2,21,22,26). The number of fused-ring (bicyclic) bond motifs is 1. The number of halogens is 4. The summed E-state index contributed by atoms with van der Waals surface area (Å²) in [6.07, 6.45) is -2.97. The van der Waals surface area contributed by atoms with Gasteiger partial charge in [0.15, 0.2) is 0 Å². The molecule has 11 heteroatoms. The van der Waals surface area contributed by atoms with Crippen molar-refractivity contribution in [3.05, 3.63) is 45.1 Å². The van der Waals surface area contributed by atoms with E-state index in [1.807, 2.05) is 0 Å². The SMILES string of the molecule is Cn1nc2n(c1=O)CCC(NC(=O)Nc1cc(C(F)(F)F)ccc1Cl)CC2. The van der Waals surface area contributed by atoms with E-state index in [2.05, 4.69) is 15.7 Å². The number of hydrogen-bond donors (Lipinski definition) is 2. The van der Waals surface area contributed by atoms with Crippen LogP contribution in [0, 0.1) is 0 Å². The van der Waals surface area contributed by atoms with E-state index in [0.717, 1.165) is 18.2 Å². The monoisotopic (exact) mass is 403 g/mol. The number of hydrogen-bond acceptors (Lipinski definition) is 3. The number of carbonyl (C=O) groups is 1. The lowest BCUT2D eigenvalue weighted by atomic mass is 10.1. The highest BCUT2D eigenvalue weighted by Crippen LogP contribution is 2.33. The molecule has 0 aliphatic carbocycles. The highest BCUT2D eigenvalue weighted by atomic mass is 35.5. The van der Waals surface area contributed by atoms with Gasteiger partial charge in [-0.15, -0.1) is 0 Å². The Morgan fingerprint density at radius 2 is 2.07 bits per heavy atom. The van der Waals surface area contributed by atoms with E-state index in [1.165, 1.54) is 4.68 Å². The van der Waals surface area contributed by atoms with E-state index in [-0.39, 0.29) is 22.4 Å². The fourth-order valence-corrected chi connectivity index (χ4v) is 3.15. The third kappa shape index (κ3) is 4.26. The molecule has 1 aromatic heterocycles. The quantitative estimate of drug-likeness (QED) is 0.809. The van der Waals surface area contributed by atoms with Crippen LogP contribution in [-0.4, -0.2) is 26.4 Å². The van der Waals surface area contributed by atoms with Gasteiger partial charge in [-0.1, -0.05) is 11.6 Å². The number of carbonyl (C=O) groups excluding carboxylic acids is 1. The molecule has 1 unspecified atom stereocenters. The molecule has 0 bridgehead atoms. The van der Waals surface area contributed by atoms with Gasteiger partial charge in [0.05, 0.1) is 16.3 Å². The molecule has 2 heterocycles. The van der Waals surface area contributed by atoms with Gasteiger partial charge >= 0.3 is 17.9 Å². The molecule has 2 amide bonds. The maximum atomic E-state index is 12.8. The van der Waals surface area contributed by atoms with Crippen molar-refractivity contribution in [1.29, 1.82) is 0 Å². The summed E-state index contributed by atoms with van der Waals surface area (Å²) in [6.45, 7) is 0.400. The molecule has 27 heavy (non-hydrogen) atoms. The Kier molecular flexibility index (Phi) is 5.18. The largest absolute Gasteiger partial charge is 0.416 e. The average Bonchev–Trinajstić information content (AvgIpc) is 2.73. The summed E-state index contributed by atoms with van der Waals surface area (Å²) in [6, 6.07) is 1.81. The van der Waals surface area contributed by atoms with Gasteiger partial charge in [-0.2, -0.15) is 18.3 Å². The van der Waals surface area contributed by atoms with Crippen molar-refractivity contribution in [3.63, 3.8) is 0 Å². The third-order valence-electron chi connectivity index (χ3n) is 4.38. The molecule has 0 saturated heterocycles. The fraction of sp³-hybridized carbons (Fsp3) is 0.438. The second-order valence-corrected chi connectivity index (χ2v) is 6.70. The number of nitrogens with zero attached hydrogens (tertiary/aromatic N) is 3. The lowest BCUT2D eigenvalue weighted by Gasteiger charge is -2.17. The minimum absolute atomic E-state index is 0.00245. The summed E-state index contributed by atoms with van der Waals surface area (Å²) in [7, 11) is 1.58. The summed E-state index contributed by atoms with van der Waals surface area (Å²) in [5, 5.41) is 9.22. The van der Waals surface area contributed by atoms with Crippen molar-refractivity contribution in [2.24, 2.45) is 7.05 Å². The van der Waals surface area contributed by atoms with E-state index in [9.17, 15) is 22.8 Å². The second-order valence-electron chi connectivity index (χ2n) is 6.29. The van der Waals surface area contributed by atoms with Crippen LogP contribution in [0.4, 0.5) is 23.7 Å². The number of aromatic nitrogens is 3. The number of urea groups is 1. The van der Waals surface area contributed by atoms with Gasteiger partial charge in [0, 0.05) is 26.1 Å². The van der Waals surface area contributed by atoms with Crippen molar-refractivity contribution < 1.29 is 18.0 Å². The first-order valence-electron chi connectivity index (χ1n) is 8.22. The number of aryl methyl sites for hydroxylation is 2. The molecular formula is C16H17ClF3N5O2. The summed E-state index contributed by atoms with van der Waals surface area (Å²) in [5.74, 6) is 0.646. The average molecular weight is 404 g/mol. The molecule has 0 radical (unpaired) electrons. The number of alkyl halides is 3. The molecule has 1 atom stereocenters. The summed E-state index contributed by atoms with van der Waals surface area (Å²) in [5.41, 5.74) is -1.25. The predicted molar refractivity (Wildman–Crippen MR) is 92.8 cm³/mol. The van der Waals surface area contributed by atoms with Crippen LogP contribution < -0.4 is 16.3 Å². The zero-order valence-corrected chi connectivity index (χ0v) is 15.1. The van der Waals surface area contributed by atoms with Gasteiger partial charge < -0.3 is 10.6 Å². The molecule has 1 aliphatic rings. The molecule has 0 saturated carbocycles. The van der Waals surface area contributed by atoms with Crippen LogP contribution in [0.5, 0.6) is 0 Å².